The predicted molar refractivity (Wildman–Crippen MR) is 307 cm³/mol. The average molecular weight is 1350 g/mol. The SMILES string of the molecule is O=S(=O)(O)c1ccc([Si]23O[Si]4(c5ccccc5)O[Si]5(c6ccccc6)O[Si]6(c7ccccc7)O[Si](c7ccccc7)(O4)O[Si](c4ccc(S(=O)(=O)O)cc4)(O2)O[Si](c2ccc(S(=O)(=O)O)cc2)(O6)O[Si](c2ccc(S(=O)(=O)O)cc2)(O5)O3)cc1. The topological polar surface area (TPSA) is 328 Å². The van der Waals surface area contributed by atoms with E-state index < -0.39 is 130 Å². The molecule has 0 unspecified atom stereocenters. The summed E-state index contributed by atoms with van der Waals surface area (Å²) in [6.45, 7) is 0. The third-order valence-electron chi connectivity index (χ3n) is 13.8. The molecule has 4 N–H and O–H groups in total. The van der Waals surface area contributed by atoms with Gasteiger partial charge in [0.1, 0.15) is 0 Å². The second kappa shape index (κ2) is 20.1. The van der Waals surface area contributed by atoms with Gasteiger partial charge in [0.25, 0.3) is 40.5 Å². The molecule has 6 heterocycles. The Morgan fingerprint density at radius 3 is 0.429 bits per heavy atom. The zero-order chi connectivity index (χ0) is 58.9. The maximum absolute atomic E-state index is 12.8. The molecule has 14 rings (SSSR count). The third kappa shape index (κ3) is 9.89. The molecule has 0 aliphatic carbocycles. The first-order chi connectivity index (χ1) is 39.7. The van der Waals surface area contributed by atoms with Crippen LogP contribution in [0, 0.1) is 0 Å². The molecule has 8 aromatic carbocycles. The molecule has 36 heteroatoms. The van der Waals surface area contributed by atoms with Crippen LogP contribution in [0.3, 0.4) is 0 Å². The Labute approximate surface area is 488 Å². The van der Waals surface area contributed by atoms with E-state index in [-0.39, 0.29) is 41.5 Å². The van der Waals surface area contributed by atoms with Crippen molar-refractivity contribution in [3.05, 3.63) is 218 Å². The molecule has 0 aromatic heterocycles. The summed E-state index contributed by atoms with van der Waals surface area (Å²) in [6.07, 6.45) is 0. The second-order valence-electron chi connectivity index (χ2n) is 19.1. The fourth-order valence-electron chi connectivity index (χ4n) is 9.93. The number of benzene rings is 8. The van der Waals surface area contributed by atoms with Crippen LogP contribution >= 0.6 is 0 Å². The summed E-state index contributed by atoms with van der Waals surface area (Å²) in [6, 6.07) is 50.8. The monoisotopic (exact) mass is 1350 g/mol. The summed E-state index contributed by atoms with van der Waals surface area (Å²) >= 11 is 0. The first kappa shape index (κ1) is 57.7. The van der Waals surface area contributed by atoms with Crippen molar-refractivity contribution in [3.63, 3.8) is 0 Å². The Kier molecular flexibility index (Phi) is 13.8. The van der Waals surface area contributed by atoms with Gasteiger partial charge in [0.05, 0.1) is 19.6 Å². The van der Waals surface area contributed by atoms with E-state index >= 15 is 0 Å². The van der Waals surface area contributed by atoms with Crippen LogP contribution in [0.1, 0.15) is 0 Å². The standard InChI is InChI=1S/C48H40O24S4Si8/c49-73(50,51)37-21-29-45(30-22-37)81-65-77(41-13-5-1-6-14-41)61-78(42-15-7-2-8-16-42)63-80(44-19-11-4-12-20-44)64-79(62-77,43-17-9-3-10-18-43)67-83(70-81,47-33-25-39(26-34-47)75(55,56)57)72-84(68-80,48-35-27-40(28-36-48)76(58,59)60)71-82(66-78,69-81)46-31-23-38(24-32-46)74(52,53)54/h1-36H,(H,49,50,51)(H,52,53,54)(H,55,56,57)(H,58,59,60). The minimum atomic E-state index is -5.67. The van der Waals surface area contributed by atoms with Crippen molar-refractivity contribution in [2.75, 3.05) is 0 Å². The average Bonchev–Trinajstić information content (AvgIpc) is 0.700. The molecule has 0 radical (unpaired) electrons. The molecule has 6 saturated heterocycles. The Bertz CT molecular complexity index is 3770. The van der Waals surface area contributed by atoms with Gasteiger partial charge in [0.2, 0.25) is 0 Å². The van der Waals surface area contributed by atoms with Crippen molar-refractivity contribution >= 4 is 152 Å². The molecule has 0 saturated carbocycles. The van der Waals surface area contributed by atoms with E-state index in [0.29, 0.717) is 0 Å². The van der Waals surface area contributed by atoms with E-state index in [0.717, 1.165) is 48.5 Å². The van der Waals surface area contributed by atoms with E-state index in [9.17, 15) is 51.9 Å². The van der Waals surface area contributed by atoms with E-state index in [2.05, 4.69) is 0 Å². The molecule has 6 aliphatic heterocycles. The van der Waals surface area contributed by atoms with Gasteiger partial charge in [0.15, 0.2) is 0 Å². The van der Waals surface area contributed by atoms with E-state index in [1.165, 1.54) is 48.5 Å². The fourth-order valence-corrected chi connectivity index (χ4v) is 57.8. The van der Waals surface area contributed by atoms with Crippen molar-refractivity contribution < 1.29 is 101 Å². The van der Waals surface area contributed by atoms with Crippen molar-refractivity contribution in [2.24, 2.45) is 0 Å². The molecular formula is C48H40O24S4Si8. The highest BCUT2D eigenvalue weighted by atomic mass is 32.2. The molecule has 8 aromatic rings. The largest absolute Gasteiger partial charge is 0.515 e. The summed E-state index contributed by atoms with van der Waals surface area (Å²) in [5.41, 5.74) is 0. The first-order valence-corrected chi connectivity index (χ1v) is 44.3. The Morgan fingerprint density at radius 2 is 0.310 bits per heavy atom. The van der Waals surface area contributed by atoms with Crippen molar-refractivity contribution in [3.8, 4) is 0 Å². The lowest BCUT2D eigenvalue weighted by Crippen LogP contribution is -2.96. The van der Waals surface area contributed by atoms with Gasteiger partial charge in [-0.25, -0.2) is 0 Å². The van der Waals surface area contributed by atoms with Crippen LogP contribution in [0.2, 0.25) is 0 Å². The van der Waals surface area contributed by atoms with Crippen LogP contribution in [0.5, 0.6) is 0 Å². The first-order valence-electron chi connectivity index (χ1n) is 24.7. The summed E-state index contributed by atoms with van der Waals surface area (Å²) in [7, 11) is -63.8. The third-order valence-corrected chi connectivity index (χ3v) is 51.4. The lowest BCUT2D eigenvalue weighted by molar-refractivity contribution is -0.00308. The molecule has 0 spiro atoms. The van der Waals surface area contributed by atoms with Crippen molar-refractivity contribution in [2.45, 2.75) is 19.6 Å². The van der Waals surface area contributed by atoms with Crippen molar-refractivity contribution in [1.29, 1.82) is 0 Å². The summed E-state index contributed by atoms with van der Waals surface area (Å²) in [5, 5.41) is 0.0625. The van der Waals surface area contributed by atoms with Gasteiger partial charge in [-0.15, -0.1) is 0 Å². The molecule has 0 atom stereocenters. The Balaban J connectivity index is 1.26. The van der Waals surface area contributed by atoms with Crippen LogP contribution in [0.15, 0.2) is 238 Å². The van der Waals surface area contributed by atoms with Crippen molar-refractivity contribution in [1.82, 2.24) is 0 Å². The van der Waals surface area contributed by atoms with E-state index in [1.807, 2.05) is 0 Å². The van der Waals surface area contributed by atoms with Crippen LogP contribution in [0.25, 0.3) is 0 Å². The van der Waals surface area contributed by atoms with Crippen LogP contribution < -0.4 is 41.5 Å². The fraction of sp³-hybridized carbons (Fsp3) is 0. The summed E-state index contributed by atoms with van der Waals surface area (Å²) in [4.78, 5) is -2.44. The second-order valence-corrected chi connectivity index (χ2v) is 48.1. The maximum Gasteiger partial charge on any atom is 0.515 e. The lowest BCUT2D eigenvalue weighted by Gasteiger charge is -2.62. The van der Waals surface area contributed by atoms with Crippen LogP contribution in [-0.2, 0) is 89.9 Å². The highest BCUT2D eigenvalue weighted by molar-refractivity contribution is 7.86. The molecule has 6 aliphatic rings. The quantitative estimate of drug-likeness (QED) is 0.0925. The molecule has 84 heavy (non-hydrogen) atoms. The number of rotatable bonds is 12. The highest BCUT2D eigenvalue weighted by Crippen LogP contribution is 2.48. The predicted octanol–water partition coefficient (Wildman–Crippen LogP) is 0.00920. The smallest absolute Gasteiger partial charge is 0.366 e. The number of hydrogen-bond acceptors (Lipinski definition) is 20. The van der Waals surface area contributed by atoms with Gasteiger partial charge in [0, 0.05) is 41.5 Å². The van der Waals surface area contributed by atoms with Crippen LogP contribution in [-0.4, -0.2) is 122 Å². The highest BCUT2D eigenvalue weighted by Gasteiger charge is 2.86. The lowest BCUT2D eigenvalue weighted by atomic mass is 10.4. The summed E-state index contributed by atoms with van der Waals surface area (Å²) in [5.74, 6) is 0. The van der Waals surface area contributed by atoms with Gasteiger partial charge in [-0.05, 0) is 48.5 Å². The van der Waals surface area contributed by atoms with Gasteiger partial charge in [-0.3, -0.25) is 18.2 Å². The molecule has 0 amide bonds. The van der Waals surface area contributed by atoms with Crippen LogP contribution in [0.4, 0.5) is 0 Å². The normalized spacial score (nSPS) is 30.3. The van der Waals surface area contributed by atoms with Gasteiger partial charge in [-0.2, -0.15) is 33.7 Å². The zero-order valence-electron chi connectivity index (χ0n) is 42.4. The minimum absolute atomic E-state index is 0.161. The molecule has 24 nitrogen and oxygen atoms in total. The number of hydrogen-bond donors (Lipinski definition) is 4. The van der Waals surface area contributed by atoms with Gasteiger partial charge < -0.3 is 49.4 Å². The Hall–Kier alpha value is -5.34. The van der Waals surface area contributed by atoms with E-state index in [4.69, 9.17) is 49.4 Å². The van der Waals surface area contributed by atoms with Gasteiger partial charge in [-0.1, -0.05) is 170 Å². The Morgan fingerprint density at radius 1 is 0.190 bits per heavy atom. The maximum atomic E-state index is 12.8. The zero-order valence-corrected chi connectivity index (χ0v) is 53.6. The van der Waals surface area contributed by atoms with Gasteiger partial charge >= 0.3 is 70.4 Å². The molecular weight excluding hydrogens is 1310 g/mol. The van der Waals surface area contributed by atoms with E-state index in [1.54, 1.807) is 121 Å². The molecule has 8 bridgehead atoms. The minimum Gasteiger partial charge on any atom is -0.366 e. The molecule has 6 fully saturated rings. The molecule has 432 valence electrons. The summed E-state index contributed by atoms with van der Waals surface area (Å²) < 4.78 is 239.